The number of anilines is 1. The minimum Gasteiger partial charge on any atom is -0.320 e. The van der Waals surface area contributed by atoms with Crippen LogP contribution in [0.2, 0.25) is 0 Å². The molecule has 3 aromatic rings. The summed E-state index contributed by atoms with van der Waals surface area (Å²) >= 11 is 0. The second kappa shape index (κ2) is 11.1. The number of nitrogens with two attached hydrogens (primary N) is 1. The van der Waals surface area contributed by atoms with Crippen LogP contribution in [0.5, 0.6) is 0 Å². The number of nitrogens with one attached hydrogen (secondary N) is 1. The average molecular weight is 464 g/mol. The largest absolute Gasteiger partial charge is 0.320 e. The number of unbranched alkanes of at least 4 members (excludes halogenated alkanes) is 1. The van der Waals surface area contributed by atoms with Gasteiger partial charge in [0.25, 0.3) is 11.8 Å². The summed E-state index contributed by atoms with van der Waals surface area (Å²) in [6.07, 6.45) is 3.59. The molecule has 0 radical (unpaired) electrons. The van der Waals surface area contributed by atoms with Gasteiger partial charge in [-0.15, -0.1) is 12.4 Å². The van der Waals surface area contributed by atoms with E-state index in [9.17, 15) is 9.59 Å². The summed E-state index contributed by atoms with van der Waals surface area (Å²) < 4.78 is 0. The molecular formula is C27H30ClN3O2. The number of carbonyl (C=O) groups excluding carboxylic acids is 2. The Labute approximate surface area is 201 Å². The van der Waals surface area contributed by atoms with Gasteiger partial charge in [0.15, 0.2) is 0 Å². The normalized spacial score (nSPS) is 15.5. The molecule has 33 heavy (non-hydrogen) atoms. The van der Waals surface area contributed by atoms with Gasteiger partial charge < -0.3 is 5.73 Å². The molecule has 4 rings (SSSR count). The van der Waals surface area contributed by atoms with Gasteiger partial charge in [-0.2, -0.15) is 0 Å². The lowest BCUT2D eigenvalue weighted by Gasteiger charge is -2.27. The van der Waals surface area contributed by atoms with E-state index in [-0.39, 0.29) is 30.1 Å². The number of nitrogens with zero attached hydrogens (tertiary/aromatic N) is 1. The maximum atomic E-state index is 13.8. The fourth-order valence-electron chi connectivity index (χ4n) is 4.28. The van der Waals surface area contributed by atoms with E-state index in [4.69, 9.17) is 5.73 Å². The third kappa shape index (κ3) is 5.44. The van der Waals surface area contributed by atoms with Crippen molar-refractivity contribution in [3.05, 3.63) is 90.0 Å². The van der Waals surface area contributed by atoms with Crippen molar-refractivity contribution in [3.63, 3.8) is 0 Å². The van der Waals surface area contributed by atoms with Crippen LogP contribution in [0.3, 0.4) is 0 Å². The lowest BCUT2D eigenvalue weighted by atomic mass is 9.87. The fourth-order valence-corrected chi connectivity index (χ4v) is 4.28. The number of para-hydroxylation sites is 1. The van der Waals surface area contributed by atoms with Crippen LogP contribution < -0.4 is 16.2 Å². The quantitative estimate of drug-likeness (QED) is 0.484. The Balaban J connectivity index is 0.00000306. The van der Waals surface area contributed by atoms with Crippen molar-refractivity contribution in [1.29, 1.82) is 0 Å². The molecule has 0 saturated carbocycles. The van der Waals surface area contributed by atoms with Crippen LogP contribution in [-0.4, -0.2) is 17.9 Å². The smallest absolute Gasteiger partial charge is 0.255 e. The van der Waals surface area contributed by atoms with Gasteiger partial charge in [-0.05, 0) is 48.9 Å². The van der Waals surface area contributed by atoms with Crippen molar-refractivity contribution in [2.45, 2.75) is 44.6 Å². The molecule has 0 aromatic heterocycles. The predicted molar refractivity (Wildman–Crippen MR) is 135 cm³/mol. The maximum absolute atomic E-state index is 13.8. The minimum atomic E-state index is -0.718. The standard InChI is InChI=1S/C27H29N3O2.ClH/c1-19(28)26(31)29-30-25-18-10-9-16-23(25)21-14-7-8-15-22(21)24(27(30)32)17-6-5-13-20-11-3-2-4-12-20;/h2-4,7-12,14-16,18-19,24H,5-6,13,17,28H2,1H3,(H,29,31);1H/t19-,24?;/m0./s1. The van der Waals surface area contributed by atoms with Crippen molar-refractivity contribution >= 4 is 29.9 Å². The molecule has 1 aliphatic heterocycles. The van der Waals surface area contributed by atoms with E-state index in [2.05, 4.69) is 35.8 Å². The van der Waals surface area contributed by atoms with Crippen molar-refractivity contribution in [2.75, 3.05) is 5.01 Å². The molecule has 0 saturated heterocycles. The first kappa shape index (κ1) is 24.5. The van der Waals surface area contributed by atoms with Crippen molar-refractivity contribution in [2.24, 2.45) is 5.73 Å². The Morgan fingerprint density at radius 1 is 0.939 bits per heavy atom. The van der Waals surface area contributed by atoms with E-state index in [0.29, 0.717) is 12.1 Å². The first-order valence-corrected chi connectivity index (χ1v) is 11.2. The Kier molecular flexibility index (Phi) is 8.26. The molecule has 0 aliphatic carbocycles. The Morgan fingerprint density at radius 3 is 2.30 bits per heavy atom. The van der Waals surface area contributed by atoms with Crippen LogP contribution in [0.15, 0.2) is 78.9 Å². The summed E-state index contributed by atoms with van der Waals surface area (Å²) in [5.41, 5.74) is 13.5. The molecule has 1 aliphatic rings. The highest BCUT2D eigenvalue weighted by Gasteiger charge is 2.34. The molecular weight excluding hydrogens is 434 g/mol. The van der Waals surface area contributed by atoms with Gasteiger partial charge in [-0.25, -0.2) is 5.01 Å². The van der Waals surface area contributed by atoms with Crippen LogP contribution in [0, 0.1) is 0 Å². The number of rotatable bonds is 7. The number of amides is 2. The van der Waals surface area contributed by atoms with Gasteiger partial charge in [0.2, 0.25) is 0 Å². The number of hydrogen-bond acceptors (Lipinski definition) is 3. The highest BCUT2D eigenvalue weighted by Crippen LogP contribution is 2.41. The van der Waals surface area contributed by atoms with Gasteiger partial charge in [0, 0.05) is 5.56 Å². The maximum Gasteiger partial charge on any atom is 0.255 e. The Morgan fingerprint density at radius 2 is 1.58 bits per heavy atom. The zero-order valence-electron chi connectivity index (χ0n) is 18.7. The van der Waals surface area contributed by atoms with E-state index in [0.717, 1.165) is 36.0 Å². The topological polar surface area (TPSA) is 75.4 Å². The molecule has 5 nitrogen and oxygen atoms in total. The monoisotopic (exact) mass is 463 g/mol. The summed E-state index contributed by atoms with van der Waals surface area (Å²) in [6.45, 7) is 1.61. The Hall–Kier alpha value is -3.15. The Bertz CT molecular complexity index is 1100. The van der Waals surface area contributed by atoms with Gasteiger partial charge in [-0.3, -0.25) is 15.0 Å². The summed E-state index contributed by atoms with van der Waals surface area (Å²) in [5.74, 6) is -0.860. The number of aryl methyl sites for hydroxylation is 1. The molecule has 172 valence electrons. The number of fused-ring (bicyclic) bond motifs is 3. The lowest BCUT2D eigenvalue weighted by Crippen LogP contribution is -2.52. The van der Waals surface area contributed by atoms with Gasteiger partial charge in [-0.1, -0.05) is 79.2 Å². The van der Waals surface area contributed by atoms with E-state index in [1.165, 1.54) is 10.6 Å². The minimum absolute atomic E-state index is 0. The van der Waals surface area contributed by atoms with Crippen molar-refractivity contribution in [1.82, 2.24) is 5.43 Å². The van der Waals surface area contributed by atoms with Crippen LogP contribution in [0.25, 0.3) is 11.1 Å². The number of carbonyl (C=O) groups is 2. The van der Waals surface area contributed by atoms with Crippen LogP contribution >= 0.6 is 12.4 Å². The molecule has 1 heterocycles. The molecule has 6 heteroatoms. The van der Waals surface area contributed by atoms with Gasteiger partial charge >= 0.3 is 0 Å². The zero-order valence-corrected chi connectivity index (χ0v) is 19.6. The number of hydrogen-bond donors (Lipinski definition) is 2. The first-order chi connectivity index (χ1) is 15.6. The summed E-state index contributed by atoms with van der Waals surface area (Å²) in [7, 11) is 0. The van der Waals surface area contributed by atoms with Crippen LogP contribution in [0.4, 0.5) is 5.69 Å². The van der Waals surface area contributed by atoms with Crippen molar-refractivity contribution < 1.29 is 9.59 Å². The summed E-state index contributed by atoms with van der Waals surface area (Å²) in [5, 5.41) is 1.41. The third-order valence-electron chi connectivity index (χ3n) is 5.98. The van der Waals surface area contributed by atoms with Gasteiger partial charge in [0.1, 0.15) is 0 Å². The number of hydrazine groups is 1. The zero-order chi connectivity index (χ0) is 22.5. The molecule has 3 aromatic carbocycles. The van der Waals surface area contributed by atoms with E-state index in [1.54, 1.807) is 6.92 Å². The predicted octanol–water partition coefficient (Wildman–Crippen LogP) is 5.00. The second-order valence-corrected chi connectivity index (χ2v) is 8.33. The molecule has 2 atom stereocenters. The SMILES string of the molecule is C[C@H](N)C(=O)NN1C(=O)C(CCCCc2ccccc2)c2ccccc2-c2ccccc21.Cl. The van der Waals surface area contributed by atoms with E-state index in [1.807, 2.05) is 48.5 Å². The number of halogens is 1. The first-order valence-electron chi connectivity index (χ1n) is 11.2. The molecule has 0 bridgehead atoms. The highest BCUT2D eigenvalue weighted by atomic mass is 35.5. The lowest BCUT2D eigenvalue weighted by molar-refractivity contribution is -0.127. The van der Waals surface area contributed by atoms with Crippen molar-refractivity contribution in [3.8, 4) is 11.1 Å². The van der Waals surface area contributed by atoms with E-state index < -0.39 is 6.04 Å². The molecule has 1 unspecified atom stereocenters. The molecule has 3 N–H and O–H groups in total. The molecule has 0 spiro atoms. The van der Waals surface area contributed by atoms with Gasteiger partial charge in [0.05, 0.1) is 17.6 Å². The third-order valence-corrected chi connectivity index (χ3v) is 5.98. The second-order valence-electron chi connectivity index (χ2n) is 8.33. The average Bonchev–Trinajstić information content (AvgIpc) is 2.91. The number of benzene rings is 3. The summed E-state index contributed by atoms with van der Waals surface area (Å²) in [4.78, 5) is 26.2. The molecule has 0 fully saturated rings. The van der Waals surface area contributed by atoms with Crippen LogP contribution in [-0.2, 0) is 16.0 Å². The highest BCUT2D eigenvalue weighted by molar-refractivity contribution is 6.06. The fraction of sp³-hybridized carbons (Fsp3) is 0.259. The van der Waals surface area contributed by atoms with Crippen LogP contribution in [0.1, 0.15) is 43.2 Å². The molecule has 2 amide bonds. The summed E-state index contributed by atoms with van der Waals surface area (Å²) in [6, 6.07) is 25.4. The van der Waals surface area contributed by atoms with E-state index >= 15 is 0 Å².